The molecule has 3 aromatic rings. The van der Waals surface area contributed by atoms with Crippen LogP contribution < -0.4 is 15.4 Å². The fourth-order valence-corrected chi connectivity index (χ4v) is 4.38. The highest BCUT2D eigenvalue weighted by Crippen LogP contribution is 2.38. The molecule has 3 rings (SSSR count). The largest absolute Gasteiger partial charge is 0.492 e. The van der Waals surface area contributed by atoms with E-state index in [-0.39, 0.29) is 11.8 Å². The van der Waals surface area contributed by atoms with E-state index in [1.54, 1.807) is 0 Å². The maximum absolute atomic E-state index is 13.4. The number of anilines is 2. The molecule has 5 nitrogen and oxygen atoms in total. The molecule has 2 amide bonds. The van der Waals surface area contributed by atoms with E-state index >= 15 is 0 Å². The van der Waals surface area contributed by atoms with Crippen LogP contribution in [-0.4, -0.2) is 18.4 Å². The van der Waals surface area contributed by atoms with Gasteiger partial charge in [-0.3, -0.25) is 9.59 Å². The number of para-hydroxylation sites is 2. The Balaban J connectivity index is 1.81. The number of carbonyl (C=O) groups excluding carboxylic acids is 2. The second-order valence-electron chi connectivity index (χ2n) is 7.51. The summed E-state index contributed by atoms with van der Waals surface area (Å²) in [4.78, 5) is 26.4. The Morgan fingerprint density at radius 1 is 0.909 bits per heavy atom. The zero-order chi connectivity index (χ0) is 23.5. The van der Waals surface area contributed by atoms with Crippen LogP contribution in [0.5, 0.6) is 5.75 Å². The molecule has 0 spiro atoms. The number of thioether (sulfide) groups is 1. The van der Waals surface area contributed by atoms with E-state index in [0.717, 1.165) is 29.0 Å². The number of rotatable bonds is 11. The zero-order valence-electron chi connectivity index (χ0n) is 19.0. The quantitative estimate of drug-likeness (QED) is 0.312. The van der Waals surface area contributed by atoms with E-state index in [9.17, 15) is 9.59 Å². The first-order valence-electron chi connectivity index (χ1n) is 11.2. The van der Waals surface area contributed by atoms with Crippen LogP contribution in [0.2, 0.25) is 0 Å². The molecule has 0 aliphatic carbocycles. The minimum atomic E-state index is -0.480. The fraction of sp³-hybridized carbons (Fsp3) is 0.259. The highest BCUT2D eigenvalue weighted by molar-refractivity contribution is 8.00. The molecular weight excluding hydrogens is 432 g/mol. The Hall–Kier alpha value is -3.25. The number of unbranched alkanes of at least 4 members (excludes halogenated alkanes) is 1. The number of ether oxygens (including phenoxy) is 1. The van der Waals surface area contributed by atoms with Gasteiger partial charge in [-0.2, -0.15) is 0 Å². The molecule has 3 aromatic carbocycles. The van der Waals surface area contributed by atoms with E-state index in [1.807, 2.05) is 85.8 Å². The smallest absolute Gasteiger partial charge is 0.242 e. The van der Waals surface area contributed by atoms with Crippen LogP contribution in [0, 0.1) is 0 Å². The molecular formula is C27H30N2O3S. The number of amides is 2. The van der Waals surface area contributed by atoms with Crippen LogP contribution in [0.4, 0.5) is 11.4 Å². The van der Waals surface area contributed by atoms with Gasteiger partial charge in [-0.25, -0.2) is 0 Å². The van der Waals surface area contributed by atoms with Gasteiger partial charge in [0.15, 0.2) is 0 Å². The molecule has 6 heteroatoms. The van der Waals surface area contributed by atoms with Crippen LogP contribution in [0.1, 0.15) is 43.9 Å². The average Bonchev–Trinajstić information content (AvgIpc) is 2.83. The minimum absolute atomic E-state index is 0.00360. The summed E-state index contributed by atoms with van der Waals surface area (Å²) in [5.41, 5.74) is 2.27. The normalized spacial score (nSPS) is 11.5. The Morgan fingerprint density at radius 2 is 1.67 bits per heavy atom. The molecule has 2 N–H and O–H groups in total. The molecule has 0 fully saturated rings. The van der Waals surface area contributed by atoms with Crippen molar-refractivity contribution in [3.05, 3.63) is 84.4 Å². The van der Waals surface area contributed by atoms with E-state index in [2.05, 4.69) is 17.6 Å². The molecule has 0 bridgehead atoms. The van der Waals surface area contributed by atoms with Crippen LogP contribution in [0.15, 0.2) is 83.8 Å². The molecule has 33 heavy (non-hydrogen) atoms. The summed E-state index contributed by atoms with van der Waals surface area (Å²) in [6, 6.07) is 24.7. The van der Waals surface area contributed by atoms with Gasteiger partial charge in [0.2, 0.25) is 11.8 Å². The van der Waals surface area contributed by atoms with Gasteiger partial charge < -0.3 is 15.4 Å². The van der Waals surface area contributed by atoms with Crippen LogP contribution in [0.3, 0.4) is 0 Å². The number of carbonyl (C=O) groups is 2. The Labute approximate surface area is 199 Å². The van der Waals surface area contributed by atoms with Gasteiger partial charge in [0, 0.05) is 17.0 Å². The number of benzene rings is 3. The van der Waals surface area contributed by atoms with Crippen molar-refractivity contribution in [1.82, 2.24) is 0 Å². The maximum atomic E-state index is 13.4. The Morgan fingerprint density at radius 3 is 2.42 bits per heavy atom. The molecule has 0 heterocycles. The topological polar surface area (TPSA) is 67.4 Å². The number of hydrogen-bond acceptors (Lipinski definition) is 4. The second-order valence-corrected chi connectivity index (χ2v) is 8.69. The SMILES string of the molecule is CCCCC(=O)Nc1cccc(SC(C(=O)Nc2ccccc2OCC)c2ccccc2)c1. The third kappa shape index (κ3) is 7.39. The van der Waals surface area contributed by atoms with Crippen LogP contribution >= 0.6 is 11.8 Å². The molecule has 0 saturated carbocycles. The Kier molecular flexibility index (Phi) is 9.39. The van der Waals surface area contributed by atoms with E-state index in [0.29, 0.717) is 24.5 Å². The summed E-state index contributed by atoms with van der Waals surface area (Å²) in [5, 5.41) is 5.50. The highest BCUT2D eigenvalue weighted by Gasteiger charge is 2.23. The van der Waals surface area contributed by atoms with Crippen molar-refractivity contribution in [3.63, 3.8) is 0 Å². The summed E-state index contributed by atoms with van der Waals surface area (Å²) in [6.45, 7) is 4.49. The number of nitrogens with one attached hydrogen (secondary N) is 2. The Bertz CT molecular complexity index is 1060. The second kappa shape index (κ2) is 12.7. The minimum Gasteiger partial charge on any atom is -0.492 e. The molecule has 172 valence electrons. The van der Waals surface area contributed by atoms with Gasteiger partial charge in [0.1, 0.15) is 11.0 Å². The van der Waals surface area contributed by atoms with Crippen molar-refractivity contribution in [3.8, 4) is 5.75 Å². The monoisotopic (exact) mass is 462 g/mol. The van der Waals surface area contributed by atoms with Crippen molar-refractivity contribution in [2.75, 3.05) is 17.2 Å². The van der Waals surface area contributed by atoms with Gasteiger partial charge in [0.25, 0.3) is 0 Å². The molecule has 0 saturated heterocycles. The molecule has 0 aliphatic rings. The van der Waals surface area contributed by atoms with E-state index < -0.39 is 5.25 Å². The van der Waals surface area contributed by atoms with Crippen molar-refractivity contribution >= 4 is 35.0 Å². The lowest BCUT2D eigenvalue weighted by molar-refractivity contribution is -0.116. The fourth-order valence-electron chi connectivity index (χ4n) is 3.29. The molecule has 1 atom stereocenters. The predicted octanol–water partition coefficient (Wildman–Crippen LogP) is 6.69. The van der Waals surface area contributed by atoms with Gasteiger partial charge in [-0.1, -0.05) is 61.9 Å². The van der Waals surface area contributed by atoms with E-state index in [4.69, 9.17) is 4.74 Å². The van der Waals surface area contributed by atoms with Crippen LogP contribution in [0.25, 0.3) is 0 Å². The summed E-state index contributed by atoms with van der Waals surface area (Å²) in [5.74, 6) is 0.501. The van der Waals surface area contributed by atoms with E-state index in [1.165, 1.54) is 11.8 Å². The zero-order valence-corrected chi connectivity index (χ0v) is 19.9. The first-order valence-corrected chi connectivity index (χ1v) is 12.1. The summed E-state index contributed by atoms with van der Waals surface area (Å²) >= 11 is 1.44. The lowest BCUT2D eigenvalue weighted by Gasteiger charge is -2.19. The van der Waals surface area contributed by atoms with Crippen molar-refractivity contribution < 1.29 is 14.3 Å². The van der Waals surface area contributed by atoms with Gasteiger partial charge in [-0.05, 0) is 49.2 Å². The molecule has 0 aromatic heterocycles. The molecule has 1 unspecified atom stereocenters. The third-order valence-corrected chi connectivity index (χ3v) is 6.16. The lowest BCUT2D eigenvalue weighted by atomic mass is 10.1. The molecule has 0 radical (unpaired) electrons. The van der Waals surface area contributed by atoms with Crippen molar-refractivity contribution in [2.45, 2.75) is 43.3 Å². The van der Waals surface area contributed by atoms with Gasteiger partial charge in [-0.15, -0.1) is 11.8 Å². The number of hydrogen-bond donors (Lipinski definition) is 2. The van der Waals surface area contributed by atoms with Gasteiger partial charge in [0.05, 0.1) is 12.3 Å². The summed E-state index contributed by atoms with van der Waals surface area (Å²) in [6.07, 6.45) is 2.34. The third-order valence-electron chi connectivity index (χ3n) is 4.91. The first-order chi connectivity index (χ1) is 16.1. The van der Waals surface area contributed by atoms with Gasteiger partial charge >= 0.3 is 0 Å². The lowest BCUT2D eigenvalue weighted by Crippen LogP contribution is -2.19. The first kappa shape index (κ1) is 24.4. The summed E-state index contributed by atoms with van der Waals surface area (Å²) < 4.78 is 5.66. The standard InChI is InChI=1S/C27H30N2O3S/c1-3-5-18-25(30)28-21-14-11-15-22(19-21)33-26(20-12-7-6-8-13-20)27(31)29-23-16-9-10-17-24(23)32-4-2/h6-17,19,26H,3-5,18H2,1-2H3,(H,28,30)(H,29,31). The van der Waals surface area contributed by atoms with Crippen molar-refractivity contribution in [2.24, 2.45) is 0 Å². The predicted molar refractivity (Wildman–Crippen MR) is 136 cm³/mol. The van der Waals surface area contributed by atoms with Crippen molar-refractivity contribution in [1.29, 1.82) is 0 Å². The highest BCUT2D eigenvalue weighted by atomic mass is 32.2. The average molecular weight is 463 g/mol. The maximum Gasteiger partial charge on any atom is 0.242 e. The molecule has 0 aliphatic heterocycles. The summed E-state index contributed by atoms with van der Waals surface area (Å²) in [7, 11) is 0. The van der Waals surface area contributed by atoms with Crippen LogP contribution in [-0.2, 0) is 9.59 Å².